The first-order valence-corrected chi connectivity index (χ1v) is 11.2. The molecule has 0 N–H and O–H groups in total. The number of carbonyl (C=O) groups excluding carboxylic acids is 4. The van der Waals surface area contributed by atoms with Crippen LogP contribution in [0.1, 0.15) is 45.3 Å². The third-order valence-corrected chi connectivity index (χ3v) is 8.16. The summed E-state index contributed by atoms with van der Waals surface area (Å²) in [5.74, 6) is -3.78. The van der Waals surface area contributed by atoms with Crippen LogP contribution in [0, 0.1) is 28.6 Å². The number of carbonyl (C=O) groups is 4. The molecule has 2 aliphatic carbocycles. The summed E-state index contributed by atoms with van der Waals surface area (Å²) < 4.78 is 22.3. The number of ketones is 1. The van der Waals surface area contributed by atoms with Gasteiger partial charge in [0.1, 0.15) is 18.8 Å². The van der Waals surface area contributed by atoms with Crippen molar-refractivity contribution in [3.8, 4) is 0 Å². The quantitative estimate of drug-likeness (QED) is 0.389. The fourth-order valence-corrected chi connectivity index (χ4v) is 6.42. The summed E-state index contributed by atoms with van der Waals surface area (Å²) in [5, 5.41) is 0. The molecule has 7 unspecified atom stereocenters. The number of esters is 3. The van der Waals surface area contributed by atoms with Gasteiger partial charge in [0, 0.05) is 17.1 Å². The molecule has 0 bridgehead atoms. The normalized spacial score (nSPS) is 39.8. The summed E-state index contributed by atoms with van der Waals surface area (Å²) in [6.07, 6.45) is 6.75. The van der Waals surface area contributed by atoms with Gasteiger partial charge in [-0.3, -0.25) is 14.4 Å². The lowest BCUT2D eigenvalue weighted by Crippen LogP contribution is -2.66. The van der Waals surface area contributed by atoms with Crippen molar-refractivity contribution in [3.05, 3.63) is 48.0 Å². The number of cyclic esters (lactones) is 2. The van der Waals surface area contributed by atoms with E-state index in [9.17, 15) is 19.2 Å². The Bertz CT molecular complexity index is 1080. The lowest BCUT2D eigenvalue weighted by molar-refractivity contribution is -0.219. The second kappa shape index (κ2) is 7.43. The Balaban J connectivity index is 1.63. The van der Waals surface area contributed by atoms with Gasteiger partial charge in [-0.2, -0.15) is 0 Å². The van der Waals surface area contributed by atoms with Crippen LogP contribution < -0.4 is 0 Å². The first kappa shape index (κ1) is 21.7. The molecule has 0 amide bonds. The Labute approximate surface area is 190 Å². The van der Waals surface area contributed by atoms with Gasteiger partial charge in [-0.15, -0.1) is 0 Å². The van der Waals surface area contributed by atoms with E-state index in [0.717, 1.165) is 0 Å². The summed E-state index contributed by atoms with van der Waals surface area (Å²) in [4.78, 5) is 52.2. The Morgan fingerprint density at radius 2 is 2.03 bits per heavy atom. The monoisotopic (exact) mass is 454 g/mol. The number of fused-ring (bicyclic) bond motifs is 2. The SMILES string of the molecule is CC=C(C)C(=O)OC1CC2C(=O)OC(c3ccoc3)CC2(C)C2C(=O)C=CC3C(=O)OCC132. The second-order valence-corrected chi connectivity index (χ2v) is 9.74. The summed E-state index contributed by atoms with van der Waals surface area (Å²) in [6.45, 7) is 5.22. The third kappa shape index (κ3) is 2.96. The van der Waals surface area contributed by atoms with Crippen LogP contribution in [-0.4, -0.2) is 36.4 Å². The minimum atomic E-state index is -1.07. The highest BCUT2D eigenvalue weighted by atomic mass is 16.6. The maximum atomic E-state index is 13.5. The number of allylic oxidation sites excluding steroid dienone is 2. The topological polar surface area (TPSA) is 109 Å². The second-order valence-electron chi connectivity index (χ2n) is 9.74. The molecule has 8 heteroatoms. The maximum Gasteiger partial charge on any atom is 0.333 e. The van der Waals surface area contributed by atoms with Gasteiger partial charge in [0.25, 0.3) is 0 Å². The average Bonchev–Trinajstić information content (AvgIpc) is 3.43. The van der Waals surface area contributed by atoms with E-state index in [1.165, 1.54) is 18.6 Å². The molecule has 0 aromatic carbocycles. The molecule has 8 nitrogen and oxygen atoms in total. The molecule has 7 atom stereocenters. The van der Waals surface area contributed by atoms with Crippen LogP contribution in [0.5, 0.6) is 0 Å². The van der Waals surface area contributed by atoms with E-state index in [-0.39, 0.29) is 18.8 Å². The zero-order chi connectivity index (χ0) is 23.5. The van der Waals surface area contributed by atoms with Crippen LogP contribution in [0.4, 0.5) is 0 Å². The van der Waals surface area contributed by atoms with E-state index in [1.54, 1.807) is 32.1 Å². The summed E-state index contributed by atoms with van der Waals surface area (Å²) in [6, 6.07) is 1.73. The van der Waals surface area contributed by atoms with Crippen molar-refractivity contribution in [3.63, 3.8) is 0 Å². The molecule has 2 aliphatic heterocycles. The largest absolute Gasteiger partial charge is 0.472 e. The minimum Gasteiger partial charge on any atom is -0.472 e. The van der Waals surface area contributed by atoms with E-state index in [4.69, 9.17) is 18.6 Å². The Kier molecular flexibility index (Phi) is 4.88. The van der Waals surface area contributed by atoms with Crippen LogP contribution in [0.3, 0.4) is 0 Å². The molecule has 1 saturated carbocycles. The van der Waals surface area contributed by atoms with Crippen molar-refractivity contribution < 1.29 is 37.8 Å². The van der Waals surface area contributed by atoms with Crippen molar-refractivity contribution in [1.82, 2.24) is 0 Å². The molecule has 2 saturated heterocycles. The molecule has 3 heterocycles. The van der Waals surface area contributed by atoms with Crippen molar-refractivity contribution >= 4 is 23.7 Å². The van der Waals surface area contributed by atoms with E-state index < -0.39 is 58.7 Å². The molecule has 174 valence electrons. The van der Waals surface area contributed by atoms with E-state index in [2.05, 4.69) is 0 Å². The predicted molar refractivity (Wildman–Crippen MR) is 112 cm³/mol. The Morgan fingerprint density at radius 1 is 1.24 bits per heavy atom. The van der Waals surface area contributed by atoms with Crippen LogP contribution >= 0.6 is 0 Å². The fourth-order valence-electron chi connectivity index (χ4n) is 6.42. The fraction of sp³-hybridized carbons (Fsp3) is 0.520. The lowest BCUT2D eigenvalue weighted by Gasteiger charge is -2.60. The zero-order valence-corrected chi connectivity index (χ0v) is 18.7. The molecular weight excluding hydrogens is 428 g/mol. The van der Waals surface area contributed by atoms with Gasteiger partial charge in [-0.25, -0.2) is 4.79 Å². The standard InChI is InChI=1S/C25H26O8/c1-4-13(2)21(27)33-19-9-16-23(29)32-18(14-7-8-30-11-14)10-24(16,3)20-17(26)6-5-15-22(28)31-12-25(15,19)20/h4-8,11,15-16,18-20H,9-10,12H2,1-3H3. The van der Waals surface area contributed by atoms with Crippen molar-refractivity contribution in [2.75, 3.05) is 6.61 Å². The smallest absolute Gasteiger partial charge is 0.333 e. The number of furan rings is 1. The summed E-state index contributed by atoms with van der Waals surface area (Å²) in [7, 11) is 0. The van der Waals surface area contributed by atoms with Gasteiger partial charge in [0.15, 0.2) is 5.78 Å². The van der Waals surface area contributed by atoms with Gasteiger partial charge in [-0.05, 0) is 44.2 Å². The van der Waals surface area contributed by atoms with Crippen LogP contribution in [0.15, 0.2) is 46.8 Å². The van der Waals surface area contributed by atoms with Crippen molar-refractivity contribution in [1.29, 1.82) is 0 Å². The highest BCUT2D eigenvalue weighted by Crippen LogP contribution is 2.66. The van der Waals surface area contributed by atoms with Gasteiger partial charge in [0.2, 0.25) is 0 Å². The minimum absolute atomic E-state index is 0.0438. The maximum absolute atomic E-state index is 13.5. The van der Waals surface area contributed by atoms with Crippen molar-refractivity contribution in [2.24, 2.45) is 28.6 Å². The molecular formula is C25H26O8. The van der Waals surface area contributed by atoms with E-state index >= 15 is 0 Å². The van der Waals surface area contributed by atoms with Gasteiger partial charge < -0.3 is 18.6 Å². The van der Waals surface area contributed by atoms with Crippen LogP contribution in [-0.2, 0) is 33.4 Å². The van der Waals surface area contributed by atoms with Gasteiger partial charge >= 0.3 is 17.9 Å². The van der Waals surface area contributed by atoms with Crippen molar-refractivity contribution in [2.45, 2.75) is 45.8 Å². The third-order valence-electron chi connectivity index (χ3n) is 8.16. The summed E-state index contributed by atoms with van der Waals surface area (Å²) >= 11 is 0. The van der Waals surface area contributed by atoms with E-state index in [0.29, 0.717) is 17.6 Å². The van der Waals surface area contributed by atoms with Crippen LogP contribution in [0.2, 0.25) is 0 Å². The molecule has 1 spiro atoms. The highest BCUT2D eigenvalue weighted by Gasteiger charge is 2.73. The molecule has 0 radical (unpaired) electrons. The Morgan fingerprint density at radius 3 is 2.73 bits per heavy atom. The molecule has 1 aromatic rings. The predicted octanol–water partition coefficient (Wildman–Crippen LogP) is 3.09. The first-order chi connectivity index (χ1) is 15.7. The zero-order valence-electron chi connectivity index (χ0n) is 18.7. The highest BCUT2D eigenvalue weighted by molar-refractivity contribution is 5.98. The van der Waals surface area contributed by atoms with E-state index in [1.807, 2.05) is 6.92 Å². The number of ether oxygens (including phenoxy) is 3. The number of rotatable bonds is 3. The number of hydrogen-bond donors (Lipinski definition) is 0. The Hall–Kier alpha value is -3.16. The number of hydrogen-bond acceptors (Lipinski definition) is 8. The first-order valence-electron chi connectivity index (χ1n) is 11.2. The van der Waals surface area contributed by atoms with Crippen LogP contribution in [0.25, 0.3) is 0 Å². The molecule has 3 fully saturated rings. The molecule has 33 heavy (non-hydrogen) atoms. The van der Waals surface area contributed by atoms with Gasteiger partial charge in [0.05, 0.1) is 29.8 Å². The molecule has 5 rings (SSSR count). The summed E-state index contributed by atoms with van der Waals surface area (Å²) in [5.41, 5.74) is -0.786. The van der Waals surface area contributed by atoms with Gasteiger partial charge in [-0.1, -0.05) is 19.1 Å². The molecule has 4 aliphatic rings. The molecule has 1 aromatic heterocycles. The lowest BCUT2D eigenvalue weighted by atomic mass is 9.43. The average molecular weight is 454 g/mol.